The topological polar surface area (TPSA) is 92.4 Å². The maximum atomic E-state index is 11.7. The number of carboxylic acid groups (broad SMARTS) is 1. The predicted molar refractivity (Wildman–Crippen MR) is 81.4 cm³/mol. The molecule has 21 heavy (non-hydrogen) atoms. The number of aliphatic carboxylic acids is 1. The molecule has 4 N–H and O–H groups in total. The first kappa shape index (κ1) is 15.1. The van der Waals surface area contributed by atoms with Crippen molar-refractivity contribution < 1.29 is 14.7 Å². The van der Waals surface area contributed by atoms with Gasteiger partial charge in [-0.25, -0.2) is 0 Å². The molecule has 2 unspecified atom stereocenters. The van der Waals surface area contributed by atoms with E-state index in [2.05, 4.69) is 5.32 Å². The van der Waals surface area contributed by atoms with Crippen LogP contribution in [-0.2, 0) is 9.59 Å². The summed E-state index contributed by atoms with van der Waals surface area (Å²) in [6.07, 6.45) is 5.64. The van der Waals surface area contributed by atoms with E-state index in [0.29, 0.717) is 18.7 Å². The summed E-state index contributed by atoms with van der Waals surface area (Å²) in [5, 5.41) is 11.9. The Bertz CT molecular complexity index is 537. The van der Waals surface area contributed by atoms with Crippen molar-refractivity contribution in [2.75, 3.05) is 12.3 Å². The molecule has 1 fully saturated rings. The number of nitrogens with one attached hydrogen (secondary N) is 1. The molecule has 2 rings (SSSR count). The molecule has 0 bridgehead atoms. The predicted octanol–water partition coefficient (Wildman–Crippen LogP) is 1.90. The number of amides is 1. The third-order valence-corrected chi connectivity index (χ3v) is 3.88. The normalized spacial score (nSPS) is 21.5. The van der Waals surface area contributed by atoms with Gasteiger partial charge in [-0.15, -0.1) is 0 Å². The van der Waals surface area contributed by atoms with Crippen molar-refractivity contribution in [3.05, 3.63) is 35.9 Å². The van der Waals surface area contributed by atoms with Gasteiger partial charge in [0.1, 0.15) is 0 Å². The van der Waals surface area contributed by atoms with Crippen molar-refractivity contribution in [1.82, 2.24) is 5.32 Å². The molecule has 0 radical (unpaired) electrons. The molecule has 1 aliphatic carbocycles. The van der Waals surface area contributed by atoms with E-state index in [0.717, 1.165) is 18.4 Å². The third-order valence-electron chi connectivity index (χ3n) is 3.88. The van der Waals surface area contributed by atoms with Gasteiger partial charge in [-0.1, -0.05) is 18.6 Å². The first-order valence-corrected chi connectivity index (χ1v) is 7.10. The summed E-state index contributed by atoms with van der Waals surface area (Å²) in [5.41, 5.74) is 7.16. The van der Waals surface area contributed by atoms with Gasteiger partial charge in [0.05, 0.1) is 5.92 Å². The molecule has 1 aliphatic rings. The number of carboxylic acids is 1. The van der Waals surface area contributed by atoms with E-state index in [-0.39, 0.29) is 17.7 Å². The van der Waals surface area contributed by atoms with Gasteiger partial charge in [0.25, 0.3) is 0 Å². The molecule has 5 heteroatoms. The largest absolute Gasteiger partial charge is 0.481 e. The molecule has 0 heterocycles. The molecule has 1 amide bonds. The summed E-state index contributed by atoms with van der Waals surface area (Å²) in [7, 11) is 0. The minimum atomic E-state index is -0.760. The highest BCUT2D eigenvalue weighted by atomic mass is 16.4. The maximum absolute atomic E-state index is 11.7. The summed E-state index contributed by atoms with van der Waals surface area (Å²) in [5.74, 6) is -1.25. The van der Waals surface area contributed by atoms with Gasteiger partial charge in [0, 0.05) is 18.3 Å². The lowest BCUT2D eigenvalue weighted by Gasteiger charge is -2.15. The van der Waals surface area contributed by atoms with E-state index < -0.39 is 5.97 Å². The number of benzene rings is 1. The Hall–Kier alpha value is -2.30. The third kappa shape index (κ3) is 4.34. The summed E-state index contributed by atoms with van der Waals surface area (Å²) in [6.45, 7) is 0.419. The lowest BCUT2D eigenvalue weighted by molar-refractivity contribution is -0.143. The number of hydrogen-bond acceptors (Lipinski definition) is 3. The quantitative estimate of drug-likeness (QED) is 0.570. The SMILES string of the molecule is Nc1ccc(/C=C/C(=O)NCC2CCCC2C(=O)O)cc1. The molecule has 0 saturated heterocycles. The number of rotatable bonds is 5. The number of hydrogen-bond donors (Lipinski definition) is 3. The van der Waals surface area contributed by atoms with E-state index in [1.807, 2.05) is 12.1 Å². The molecule has 2 atom stereocenters. The van der Waals surface area contributed by atoms with E-state index >= 15 is 0 Å². The van der Waals surface area contributed by atoms with Crippen LogP contribution in [0.15, 0.2) is 30.3 Å². The zero-order valence-corrected chi connectivity index (χ0v) is 11.8. The summed E-state index contributed by atoms with van der Waals surface area (Å²) in [6, 6.07) is 7.20. The van der Waals surface area contributed by atoms with Gasteiger partial charge in [-0.05, 0) is 42.5 Å². The van der Waals surface area contributed by atoms with E-state index in [1.54, 1.807) is 18.2 Å². The van der Waals surface area contributed by atoms with Crippen molar-refractivity contribution in [2.45, 2.75) is 19.3 Å². The van der Waals surface area contributed by atoms with Crippen molar-refractivity contribution in [2.24, 2.45) is 11.8 Å². The minimum Gasteiger partial charge on any atom is -0.481 e. The molecule has 112 valence electrons. The zero-order chi connectivity index (χ0) is 15.2. The van der Waals surface area contributed by atoms with E-state index in [1.165, 1.54) is 6.08 Å². The van der Waals surface area contributed by atoms with Crippen molar-refractivity contribution in [3.63, 3.8) is 0 Å². The second-order valence-electron chi connectivity index (χ2n) is 5.38. The second-order valence-corrected chi connectivity index (χ2v) is 5.38. The van der Waals surface area contributed by atoms with Crippen LogP contribution in [0.5, 0.6) is 0 Å². The number of carbonyl (C=O) groups excluding carboxylic acids is 1. The van der Waals surface area contributed by atoms with Crippen LogP contribution < -0.4 is 11.1 Å². The van der Waals surface area contributed by atoms with Gasteiger partial charge in [0.2, 0.25) is 5.91 Å². The molecule has 1 saturated carbocycles. The Labute approximate surface area is 123 Å². The summed E-state index contributed by atoms with van der Waals surface area (Å²) >= 11 is 0. The fraction of sp³-hybridized carbons (Fsp3) is 0.375. The molecule has 1 aromatic carbocycles. The molecule has 1 aromatic rings. The summed E-state index contributed by atoms with van der Waals surface area (Å²) < 4.78 is 0. The fourth-order valence-electron chi connectivity index (χ4n) is 2.68. The zero-order valence-electron chi connectivity index (χ0n) is 11.8. The molecular formula is C16H20N2O3. The van der Waals surface area contributed by atoms with Crippen molar-refractivity contribution in [3.8, 4) is 0 Å². The van der Waals surface area contributed by atoms with Gasteiger partial charge in [-0.2, -0.15) is 0 Å². The van der Waals surface area contributed by atoms with Crippen molar-refractivity contribution in [1.29, 1.82) is 0 Å². The maximum Gasteiger partial charge on any atom is 0.306 e. The first-order chi connectivity index (χ1) is 10.1. The van der Waals surface area contributed by atoms with Crippen LogP contribution in [0, 0.1) is 11.8 Å². The standard InChI is InChI=1S/C16H20N2O3/c17-13-7-4-11(5-8-13)6-9-15(19)18-10-12-2-1-3-14(12)16(20)21/h4-9,12,14H,1-3,10,17H2,(H,18,19)(H,20,21)/b9-6+. The summed E-state index contributed by atoms with van der Waals surface area (Å²) in [4.78, 5) is 22.8. The van der Waals surface area contributed by atoms with Gasteiger partial charge in [0.15, 0.2) is 0 Å². The number of carbonyl (C=O) groups is 2. The lowest BCUT2D eigenvalue weighted by Crippen LogP contribution is -2.32. The van der Waals surface area contributed by atoms with Gasteiger partial charge < -0.3 is 16.2 Å². The van der Waals surface area contributed by atoms with Crippen LogP contribution in [0.3, 0.4) is 0 Å². The Kier molecular flexibility index (Phi) is 4.98. The number of nitrogen functional groups attached to an aromatic ring is 1. The van der Waals surface area contributed by atoms with Crippen LogP contribution in [0.25, 0.3) is 6.08 Å². The molecular weight excluding hydrogens is 268 g/mol. The Morgan fingerprint density at radius 1 is 1.29 bits per heavy atom. The Morgan fingerprint density at radius 2 is 2.00 bits per heavy atom. The molecule has 0 spiro atoms. The van der Waals surface area contributed by atoms with Crippen LogP contribution in [0.2, 0.25) is 0 Å². The van der Waals surface area contributed by atoms with E-state index in [9.17, 15) is 9.59 Å². The van der Waals surface area contributed by atoms with Crippen LogP contribution in [0.1, 0.15) is 24.8 Å². The number of nitrogens with two attached hydrogens (primary N) is 1. The van der Waals surface area contributed by atoms with Gasteiger partial charge >= 0.3 is 5.97 Å². The average Bonchev–Trinajstić information content (AvgIpc) is 2.93. The lowest BCUT2D eigenvalue weighted by atomic mass is 9.96. The van der Waals surface area contributed by atoms with Crippen molar-refractivity contribution >= 4 is 23.6 Å². The average molecular weight is 288 g/mol. The molecule has 0 aliphatic heterocycles. The van der Waals surface area contributed by atoms with Gasteiger partial charge in [-0.3, -0.25) is 9.59 Å². The first-order valence-electron chi connectivity index (χ1n) is 7.10. The highest BCUT2D eigenvalue weighted by Crippen LogP contribution is 2.31. The molecule has 5 nitrogen and oxygen atoms in total. The highest BCUT2D eigenvalue weighted by molar-refractivity contribution is 5.91. The monoisotopic (exact) mass is 288 g/mol. The fourth-order valence-corrected chi connectivity index (χ4v) is 2.68. The molecule has 0 aromatic heterocycles. The minimum absolute atomic E-state index is 0.0383. The Morgan fingerprint density at radius 3 is 2.67 bits per heavy atom. The van der Waals surface area contributed by atoms with Crippen LogP contribution in [0.4, 0.5) is 5.69 Å². The van der Waals surface area contributed by atoms with Crippen LogP contribution in [-0.4, -0.2) is 23.5 Å². The number of anilines is 1. The van der Waals surface area contributed by atoms with E-state index in [4.69, 9.17) is 10.8 Å². The second kappa shape index (κ2) is 6.92. The highest BCUT2D eigenvalue weighted by Gasteiger charge is 2.32. The Balaban J connectivity index is 1.82. The smallest absolute Gasteiger partial charge is 0.306 e. The van der Waals surface area contributed by atoms with Crippen LogP contribution >= 0.6 is 0 Å².